The highest BCUT2D eigenvalue weighted by Gasteiger charge is 2.16. The summed E-state index contributed by atoms with van der Waals surface area (Å²) in [6.07, 6.45) is 0.816. The van der Waals surface area contributed by atoms with Gasteiger partial charge in [0.25, 0.3) is 0 Å². The van der Waals surface area contributed by atoms with Crippen molar-refractivity contribution < 1.29 is 13.9 Å². The quantitative estimate of drug-likeness (QED) is 0.940. The number of nitrogens with zero attached hydrogens (tertiary/aromatic N) is 1. The Morgan fingerprint density at radius 3 is 2.96 bits per heavy atom. The van der Waals surface area contributed by atoms with Gasteiger partial charge in [0.15, 0.2) is 0 Å². The van der Waals surface area contributed by atoms with Crippen molar-refractivity contribution in [3.63, 3.8) is 0 Å². The van der Waals surface area contributed by atoms with E-state index in [1.165, 1.54) is 12.1 Å². The number of amides is 1. The molecular formula is C19H17FN2O2. The molecule has 0 unspecified atom stereocenters. The van der Waals surface area contributed by atoms with Crippen LogP contribution in [0.15, 0.2) is 36.4 Å². The van der Waals surface area contributed by atoms with Crippen LogP contribution in [0.2, 0.25) is 0 Å². The number of nitrogens with one attached hydrogen (secondary N) is 1. The van der Waals surface area contributed by atoms with Gasteiger partial charge in [-0.3, -0.25) is 4.79 Å². The lowest BCUT2D eigenvalue weighted by molar-refractivity contribution is -0.121. The number of rotatable bonds is 4. The van der Waals surface area contributed by atoms with E-state index in [2.05, 4.69) is 5.32 Å². The Balaban J connectivity index is 1.65. The average molecular weight is 324 g/mol. The Hall–Kier alpha value is -2.87. The van der Waals surface area contributed by atoms with Crippen LogP contribution in [0, 0.1) is 17.1 Å². The Kier molecular flexibility index (Phi) is 4.48. The maximum atomic E-state index is 13.9. The molecule has 0 aliphatic carbocycles. The van der Waals surface area contributed by atoms with Crippen LogP contribution < -0.4 is 10.1 Å². The van der Waals surface area contributed by atoms with Gasteiger partial charge in [-0.1, -0.05) is 12.1 Å². The fraction of sp³-hybridized carbons (Fsp3) is 0.263. The van der Waals surface area contributed by atoms with E-state index in [9.17, 15) is 9.18 Å². The van der Waals surface area contributed by atoms with E-state index in [0.717, 1.165) is 29.4 Å². The molecule has 1 atom stereocenters. The molecule has 2 aromatic carbocycles. The summed E-state index contributed by atoms with van der Waals surface area (Å²) in [5.74, 6) is 0.103. The second-order valence-corrected chi connectivity index (χ2v) is 5.85. The zero-order chi connectivity index (χ0) is 17.1. The minimum absolute atomic E-state index is 0.0596. The van der Waals surface area contributed by atoms with E-state index in [1.807, 2.05) is 31.2 Å². The Labute approximate surface area is 139 Å². The van der Waals surface area contributed by atoms with E-state index < -0.39 is 5.82 Å². The number of halogens is 1. The molecule has 2 aromatic rings. The molecule has 1 heterocycles. The first-order chi connectivity index (χ1) is 11.6. The SMILES string of the molecule is C[C@H](NC(=O)Cc1ccc(C#N)cc1F)c1ccc2c(c1)CCO2. The number of nitriles is 1. The molecule has 1 aliphatic heterocycles. The third-order valence-corrected chi connectivity index (χ3v) is 4.12. The lowest BCUT2D eigenvalue weighted by Gasteiger charge is -2.15. The predicted octanol–water partition coefficient (Wildman–Crippen LogP) is 3.05. The van der Waals surface area contributed by atoms with E-state index in [4.69, 9.17) is 10.00 Å². The van der Waals surface area contributed by atoms with E-state index in [-0.39, 0.29) is 29.5 Å². The van der Waals surface area contributed by atoms with Crippen LogP contribution in [0.4, 0.5) is 4.39 Å². The molecule has 1 aliphatic rings. The molecule has 0 radical (unpaired) electrons. The fourth-order valence-electron chi connectivity index (χ4n) is 2.78. The highest BCUT2D eigenvalue weighted by molar-refractivity contribution is 5.79. The van der Waals surface area contributed by atoms with Crippen LogP contribution in [0.1, 0.15) is 35.2 Å². The number of benzene rings is 2. The molecule has 0 fully saturated rings. The van der Waals surface area contributed by atoms with Crippen molar-refractivity contribution in [1.29, 1.82) is 5.26 Å². The van der Waals surface area contributed by atoms with Gasteiger partial charge in [0.05, 0.1) is 30.7 Å². The molecule has 0 saturated carbocycles. The fourth-order valence-corrected chi connectivity index (χ4v) is 2.78. The van der Waals surface area contributed by atoms with E-state index in [1.54, 1.807) is 0 Å². The molecule has 0 aromatic heterocycles. The molecule has 0 bridgehead atoms. The second-order valence-electron chi connectivity index (χ2n) is 5.85. The normalized spacial score (nSPS) is 13.5. The van der Waals surface area contributed by atoms with Gasteiger partial charge in [-0.2, -0.15) is 5.26 Å². The summed E-state index contributed by atoms with van der Waals surface area (Å²) in [6.45, 7) is 2.59. The molecule has 4 nitrogen and oxygen atoms in total. The van der Waals surface area contributed by atoms with Gasteiger partial charge in [-0.25, -0.2) is 4.39 Å². The topological polar surface area (TPSA) is 62.1 Å². The second kappa shape index (κ2) is 6.71. The van der Waals surface area contributed by atoms with E-state index in [0.29, 0.717) is 6.61 Å². The third-order valence-electron chi connectivity index (χ3n) is 4.12. The number of fused-ring (bicyclic) bond motifs is 1. The van der Waals surface area contributed by atoms with Crippen molar-refractivity contribution in [3.8, 4) is 11.8 Å². The molecular weight excluding hydrogens is 307 g/mol. The number of ether oxygens (including phenoxy) is 1. The highest BCUT2D eigenvalue weighted by Crippen LogP contribution is 2.28. The Bertz CT molecular complexity index is 827. The summed E-state index contributed by atoms with van der Waals surface area (Å²) in [6, 6.07) is 11.7. The first kappa shape index (κ1) is 16.0. The summed E-state index contributed by atoms with van der Waals surface area (Å²) in [4.78, 5) is 12.2. The number of hydrogen-bond donors (Lipinski definition) is 1. The Morgan fingerprint density at radius 2 is 2.21 bits per heavy atom. The van der Waals surface area contributed by atoms with Crippen molar-refractivity contribution >= 4 is 5.91 Å². The van der Waals surface area contributed by atoms with Gasteiger partial charge in [0.2, 0.25) is 5.91 Å². The number of carbonyl (C=O) groups excluding carboxylic acids is 1. The summed E-state index contributed by atoms with van der Waals surface area (Å²) >= 11 is 0. The van der Waals surface area contributed by atoms with Crippen LogP contribution in [0.5, 0.6) is 5.75 Å². The minimum Gasteiger partial charge on any atom is -0.493 e. The van der Waals surface area contributed by atoms with Crippen LogP contribution in [-0.4, -0.2) is 12.5 Å². The maximum absolute atomic E-state index is 13.9. The van der Waals surface area contributed by atoms with Crippen LogP contribution in [-0.2, 0) is 17.6 Å². The zero-order valence-corrected chi connectivity index (χ0v) is 13.3. The number of carbonyl (C=O) groups is 1. The summed E-state index contributed by atoms with van der Waals surface area (Å²) in [5.41, 5.74) is 2.66. The molecule has 122 valence electrons. The van der Waals surface area contributed by atoms with Gasteiger partial charge in [0.1, 0.15) is 11.6 Å². The van der Waals surface area contributed by atoms with Crippen molar-refractivity contribution in [1.82, 2.24) is 5.32 Å². The van der Waals surface area contributed by atoms with Crippen molar-refractivity contribution in [2.45, 2.75) is 25.8 Å². The third kappa shape index (κ3) is 3.38. The first-order valence-corrected chi connectivity index (χ1v) is 7.80. The van der Waals surface area contributed by atoms with Crippen LogP contribution in [0.3, 0.4) is 0 Å². The maximum Gasteiger partial charge on any atom is 0.225 e. The monoisotopic (exact) mass is 324 g/mol. The highest BCUT2D eigenvalue weighted by atomic mass is 19.1. The Morgan fingerprint density at radius 1 is 1.38 bits per heavy atom. The van der Waals surface area contributed by atoms with Gasteiger partial charge in [-0.05, 0) is 47.9 Å². The molecule has 1 N–H and O–H groups in total. The standard InChI is InChI=1S/C19H17FN2O2/c1-12(14-4-5-18-16(9-14)6-7-24-18)22-19(23)10-15-3-2-13(11-21)8-17(15)20/h2-5,8-9,12H,6-7,10H2,1H3,(H,22,23)/t12-/m0/s1. The van der Waals surface area contributed by atoms with Crippen molar-refractivity contribution in [3.05, 3.63) is 64.5 Å². The van der Waals surface area contributed by atoms with Gasteiger partial charge < -0.3 is 10.1 Å². The smallest absolute Gasteiger partial charge is 0.225 e. The van der Waals surface area contributed by atoms with Crippen molar-refractivity contribution in [2.24, 2.45) is 0 Å². The van der Waals surface area contributed by atoms with Crippen LogP contribution in [0.25, 0.3) is 0 Å². The molecule has 0 spiro atoms. The molecule has 24 heavy (non-hydrogen) atoms. The van der Waals surface area contributed by atoms with Gasteiger partial charge >= 0.3 is 0 Å². The van der Waals surface area contributed by atoms with Crippen molar-refractivity contribution in [2.75, 3.05) is 6.61 Å². The van der Waals surface area contributed by atoms with Crippen LogP contribution >= 0.6 is 0 Å². The summed E-state index contributed by atoms with van der Waals surface area (Å²) in [7, 11) is 0. The van der Waals surface area contributed by atoms with Gasteiger partial charge in [-0.15, -0.1) is 0 Å². The molecule has 1 amide bonds. The summed E-state index contributed by atoms with van der Waals surface area (Å²) < 4.78 is 19.3. The summed E-state index contributed by atoms with van der Waals surface area (Å²) in [5, 5.41) is 11.6. The molecule has 0 saturated heterocycles. The molecule has 3 rings (SSSR count). The minimum atomic E-state index is -0.536. The largest absolute Gasteiger partial charge is 0.493 e. The number of hydrogen-bond acceptors (Lipinski definition) is 3. The molecule has 5 heteroatoms. The van der Waals surface area contributed by atoms with Gasteiger partial charge in [0, 0.05) is 6.42 Å². The van der Waals surface area contributed by atoms with E-state index >= 15 is 0 Å². The lowest BCUT2D eigenvalue weighted by atomic mass is 10.0. The average Bonchev–Trinajstić information content (AvgIpc) is 3.04. The lowest BCUT2D eigenvalue weighted by Crippen LogP contribution is -2.28. The first-order valence-electron chi connectivity index (χ1n) is 7.80. The zero-order valence-electron chi connectivity index (χ0n) is 13.3. The predicted molar refractivity (Wildman–Crippen MR) is 87.0 cm³/mol.